The minimum atomic E-state index is -1.86. The fraction of sp³-hybridized carbons (Fsp3) is 0.206. The zero-order chi connectivity index (χ0) is 27.5. The SMILES string of the molecule is C1=COC(C[P+](c2ccccc2)(c2ccccc2)c2ccccc2)CO1.C[n+]1ccc(CC2=COCCO2)cc1. The Kier molecular flexibility index (Phi) is 9.50. The van der Waals surface area contributed by atoms with Crippen molar-refractivity contribution in [1.29, 1.82) is 0 Å². The van der Waals surface area contributed by atoms with Crippen LogP contribution in [0, 0.1) is 0 Å². The van der Waals surface area contributed by atoms with Crippen molar-refractivity contribution in [2.24, 2.45) is 7.05 Å². The van der Waals surface area contributed by atoms with Gasteiger partial charge in [-0.2, -0.15) is 0 Å². The largest absolute Gasteiger partial charge is 0.494 e. The van der Waals surface area contributed by atoms with Crippen molar-refractivity contribution in [3.63, 3.8) is 0 Å². The fourth-order valence-corrected chi connectivity index (χ4v) is 9.32. The van der Waals surface area contributed by atoms with Gasteiger partial charge in [0.1, 0.15) is 80.8 Å². The number of aromatic nitrogens is 1. The third-order valence-electron chi connectivity index (χ3n) is 6.90. The molecule has 2 aliphatic rings. The zero-order valence-electron chi connectivity index (χ0n) is 22.8. The van der Waals surface area contributed by atoms with E-state index in [-0.39, 0.29) is 6.10 Å². The van der Waals surface area contributed by atoms with Gasteiger partial charge >= 0.3 is 0 Å². The number of benzene rings is 3. The summed E-state index contributed by atoms with van der Waals surface area (Å²) in [5.41, 5.74) is 1.24. The molecule has 0 fully saturated rings. The van der Waals surface area contributed by atoms with Crippen molar-refractivity contribution >= 4 is 23.2 Å². The molecule has 1 unspecified atom stereocenters. The highest BCUT2D eigenvalue weighted by Gasteiger charge is 2.47. The molecule has 40 heavy (non-hydrogen) atoms. The van der Waals surface area contributed by atoms with Crippen molar-refractivity contribution in [2.75, 3.05) is 26.0 Å². The standard InChI is InChI=1S/C23H22O2P.C11H14NO2/c1-4-10-21(11-5-1)26(22-12-6-2-7-13-22,23-14-8-3-9-15-23)19-20-18-24-16-17-25-20;1-12-4-2-10(3-5-12)8-11-9-13-6-7-14-11/h1-17,20H,18-19H2;2-5,9H,6-8H2,1H3/q2*+1. The van der Waals surface area contributed by atoms with Crippen molar-refractivity contribution in [3.05, 3.63) is 146 Å². The lowest BCUT2D eigenvalue weighted by molar-refractivity contribution is -0.671. The molecule has 3 aromatic carbocycles. The second-order valence-electron chi connectivity index (χ2n) is 9.71. The average Bonchev–Trinajstić information content (AvgIpc) is 3.04. The van der Waals surface area contributed by atoms with Crippen molar-refractivity contribution < 1.29 is 23.5 Å². The second kappa shape index (κ2) is 13.8. The van der Waals surface area contributed by atoms with E-state index < -0.39 is 7.26 Å². The molecule has 0 bridgehead atoms. The van der Waals surface area contributed by atoms with Gasteiger partial charge in [0.15, 0.2) is 18.5 Å². The molecule has 0 radical (unpaired) electrons. The van der Waals surface area contributed by atoms with E-state index in [9.17, 15) is 0 Å². The van der Waals surface area contributed by atoms with Crippen LogP contribution in [0.2, 0.25) is 0 Å². The number of allylic oxidation sites excluding steroid dienone is 1. The number of nitrogens with zero attached hydrogens (tertiary/aromatic N) is 1. The van der Waals surface area contributed by atoms with Crippen LogP contribution in [0.1, 0.15) is 5.56 Å². The molecule has 0 spiro atoms. The summed E-state index contributed by atoms with van der Waals surface area (Å²) >= 11 is 0. The van der Waals surface area contributed by atoms with Crippen LogP contribution in [-0.2, 0) is 32.4 Å². The molecule has 6 rings (SSSR count). The molecular formula is C34H36NO4P+2. The Hall–Kier alpha value is -4.08. The normalized spacial score (nSPS) is 16.1. The molecular weight excluding hydrogens is 517 g/mol. The Morgan fingerprint density at radius 1 is 0.700 bits per heavy atom. The molecule has 0 amide bonds. The summed E-state index contributed by atoms with van der Waals surface area (Å²) in [6.45, 7) is 1.91. The summed E-state index contributed by atoms with van der Waals surface area (Å²) in [5, 5.41) is 4.11. The summed E-state index contributed by atoms with van der Waals surface area (Å²) < 4.78 is 24.1. The number of hydrogen-bond donors (Lipinski definition) is 0. The first-order valence-corrected chi connectivity index (χ1v) is 15.6. The third-order valence-corrected chi connectivity index (χ3v) is 11.4. The van der Waals surface area contributed by atoms with Gasteiger partial charge in [0.25, 0.3) is 0 Å². The summed E-state index contributed by atoms with van der Waals surface area (Å²) in [4.78, 5) is 0. The van der Waals surface area contributed by atoms with Gasteiger partial charge in [0.2, 0.25) is 0 Å². The molecule has 0 N–H and O–H groups in total. The fourth-order valence-electron chi connectivity index (χ4n) is 4.95. The molecule has 3 heterocycles. The number of pyridine rings is 1. The summed E-state index contributed by atoms with van der Waals surface area (Å²) in [5.74, 6) is 0.908. The number of rotatable bonds is 7. The maximum Gasteiger partial charge on any atom is 0.168 e. The molecule has 0 aliphatic carbocycles. The first kappa shape index (κ1) is 27.5. The Morgan fingerprint density at radius 3 is 1.75 bits per heavy atom. The molecule has 204 valence electrons. The van der Waals surface area contributed by atoms with Gasteiger partial charge in [0.05, 0.1) is 0 Å². The Labute approximate surface area is 237 Å². The van der Waals surface area contributed by atoms with Gasteiger partial charge in [-0.25, -0.2) is 4.57 Å². The van der Waals surface area contributed by atoms with E-state index in [0.717, 1.165) is 18.3 Å². The van der Waals surface area contributed by atoms with E-state index >= 15 is 0 Å². The highest BCUT2D eigenvalue weighted by atomic mass is 31.2. The minimum Gasteiger partial charge on any atom is -0.494 e. The smallest absolute Gasteiger partial charge is 0.168 e. The number of ether oxygens (including phenoxy) is 4. The van der Waals surface area contributed by atoms with Crippen LogP contribution in [0.25, 0.3) is 0 Å². The monoisotopic (exact) mass is 553 g/mol. The first-order chi connectivity index (χ1) is 19.7. The van der Waals surface area contributed by atoms with E-state index in [2.05, 4.69) is 103 Å². The van der Waals surface area contributed by atoms with Gasteiger partial charge in [-0.1, -0.05) is 54.6 Å². The molecule has 6 heteroatoms. The van der Waals surface area contributed by atoms with Gasteiger partial charge in [0, 0.05) is 18.6 Å². The molecule has 1 atom stereocenters. The molecule has 2 aliphatic heterocycles. The molecule has 0 saturated carbocycles. The highest BCUT2D eigenvalue weighted by Crippen LogP contribution is 2.56. The van der Waals surface area contributed by atoms with E-state index in [1.165, 1.54) is 21.5 Å². The van der Waals surface area contributed by atoms with Crippen LogP contribution in [0.4, 0.5) is 0 Å². The maximum absolute atomic E-state index is 5.92. The third kappa shape index (κ3) is 6.91. The quantitative estimate of drug-likeness (QED) is 0.243. The molecule has 5 nitrogen and oxygen atoms in total. The Balaban J connectivity index is 0.000000194. The lowest BCUT2D eigenvalue weighted by Gasteiger charge is -2.31. The predicted octanol–water partition coefficient (Wildman–Crippen LogP) is 4.81. The zero-order valence-corrected chi connectivity index (χ0v) is 23.7. The second-order valence-corrected chi connectivity index (χ2v) is 13.2. The number of aryl methyl sites for hydroxylation is 1. The summed E-state index contributed by atoms with van der Waals surface area (Å²) in [6.07, 6.45) is 10.8. The lowest BCUT2D eigenvalue weighted by atomic mass is 10.2. The average molecular weight is 554 g/mol. The topological polar surface area (TPSA) is 40.8 Å². The molecule has 0 saturated heterocycles. The Bertz CT molecular complexity index is 1280. The summed E-state index contributed by atoms with van der Waals surface area (Å²) in [6, 6.07) is 36.7. The van der Waals surface area contributed by atoms with Crippen LogP contribution in [-0.4, -0.2) is 32.1 Å². The van der Waals surface area contributed by atoms with E-state index in [1.54, 1.807) is 18.8 Å². The van der Waals surface area contributed by atoms with E-state index in [0.29, 0.717) is 19.8 Å². The van der Waals surface area contributed by atoms with E-state index in [4.69, 9.17) is 18.9 Å². The van der Waals surface area contributed by atoms with Crippen molar-refractivity contribution in [3.8, 4) is 0 Å². The van der Waals surface area contributed by atoms with Gasteiger partial charge in [-0.3, -0.25) is 0 Å². The van der Waals surface area contributed by atoms with Crippen LogP contribution >= 0.6 is 7.26 Å². The number of hydrogen-bond acceptors (Lipinski definition) is 4. The maximum atomic E-state index is 5.92. The molecule has 1 aromatic heterocycles. The lowest BCUT2D eigenvalue weighted by Crippen LogP contribution is -2.39. The minimum absolute atomic E-state index is 0.0361. The van der Waals surface area contributed by atoms with E-state index in [1.807, 2.05) is 24.0 Å². The Morgan fingerprint density at radius 2 is 1.27 bits per heavy atom. The van der Waals surface area contributed by atoms with Gasteiger partial charge in [-0.05, 0) is 42.0 Å². The molecule has 4 aromatic rings. The van der Waals surface area contributed by atoms with Gasteiger partial charge in [-0.15, -0.1) is 0 Å². The van der Waals surface area contributed by atoms with Crippen LogP contribution in [0.3, 0.4) is 0 Å². The summed E-state index contributed by atoms with van der Waals surface area (Å²) in [7, 11) is 0.143. The van der Waals surface area contributed by atoms with Crippen molar-refractivity contribution in [2.45, 2.75) is 12.5 Å². The van der Waals surface area contributed by atoms with Crippen LogP contribution in [0.15, 0.2) is 140 Å². The van der Waals surface area contributed by atoms with Crippen molar-refractivity contribution in [1.82, 2.24) is 0 Å². The predicted molar refractivity (Wildman–Crippen MR) is 161 cm³/mol. The highest BCUT2D eigenvalue weighted by molar-refractivity contribution is 7.95. The van der Waals surface area contributed by atoms with Gasteiger partial charge < -0.3 is 18.9 Å². The first-order valence-electron chi connectivity index (χ1n) is 13.6. The van der Waals surface area contributed by atoms with Crippen LogP contribution < -0.4 is 20.5 Å². The van der Waals surface area contributed by atoms with Crippen LogP contribution in [0.5, 0.6) is 0 Å².